The van der Waals surface area contributed by atoms with Gasteiger partial charge in [-0.05, 0) is 6.07 Å². The molecule has 0 radical (unpaired) electrons. The van der Waals surface area contributed by atoms with Crippen LogP contribution in [0.3, 0.4) is 0 Å². The molecule has 4 nitrogen and oxygen atoms in total. The molecule has 1 aromatic heterocycles. The topological polar surface area (TPSA) is 51.4 Å². The second kappa shape index (κ2) is 3.09. The third kappa shape index (κ3) is 1.94. The highest BCUT2D eigenvalue weighted by molar-refractivity contribution is 8.13. The molecule has 0 saturated carbocycles. The maximum atomic E-state index is 10.7. The van der Waals surface area contributed by atoms with Crippen LogP contribution in [0.15, 0.2) is 23.4 Å². The molecule has 62 valence electrons. The van der Waals surface area contributed by atoms with Crippen molar-refractivity contribution in [2.24, 2.45) is 0 Å². The monoisotopic (exact) mass is 202 g/mol. The number of hydrogen-bond acceptors (Lipinski definition) is 3. The molecule has 0 aliphatic rings. The number of rotatable bonds is 1. The smallest absolute Gasteiger partial charge is 0.261 e. The van der Waals surface area contributed by atoms with Crippen molar-refractivity contribution in [3.8, 4) is 0 Å². The van der Waals surface area contributed by atoms with Gasteiger partial charge in [0.25, 0.3) is 9.05 Å². The van der Waals surface area contributed by atoms with Crippen LogP contribution in [-0.4, -0.2) is 13.4 Å². The maximum Gasteiger partial charge on any atom is 0.261 e. The van der Waals surface area contributed by atoms with Crippen molar-refractivity contribution in [2.75, 3.05) is 0 Å². The second-order valence-corrected chi connectivity index (χ2v) is 4.49. The SMILES string of the molecule is [C-]#[N+]c1cncc(S(=O)(=O)Cl)c1. The van der Waals surface area contributed by atoms with E-state index in [1.807, 2.05) is 0 Å². The lowest BCUT2D eigenvalue weighted by molar-refractivity contribution is 0.609. The molecule has 1 heterocycles. The number of nitrogens with zero attached hydrogens (tertiary/aromatic N) is 2. The molecule has 0 saturated heterocycles. The van der Waals surface area contributed by atoms with Crippen molar-refractivity contribution in [3.05, 3.63) is 29.9 Å². The fraction of sp³-hybridized carbons (Fsp3) is 0. The first-order chi connectivity index (χ1) is 5.54. The van der Waals surface area contributed by atoms with E-state index in [0.717, 1.165) is 6.20 Å². The Morgan fingerprint density at radius 2 is 2.17 bits per heavy atom. The van der Waals surface area contributed by atoms with Gasteiger partial charge in [0.1, 0.15) is 0 Å². The van der Waals surface area contributed by atoms with Crippen LogP contribution in [-0.2, 0) is 9.05 Å². The van der Waals surface area contributed by atoms with Crippen LogP contribution in [0.2, 0.25) is 0 Å². The second-order valence-electron chi connectivity index (χ2n) is 1.93. The minimum absolute atomic E-state index is 0.150. The van der Waals surface area contributed by atoms with Crippen molar-refractivity contribution < 1.29 is 8.42 Å². The van der Waals surface area contributed by atoms with Crippen molar-refractivity contribution in [2.45, 2.75) is 4.90 Å². The van der Waals surface area contributed by atoms with Gasteiger partial charge in [-0.1, -0.05) is 0 Å². The summed E-state index contributed by atoms with van der Waals surface area (Å²) in [4.78, 5) is 6.40. The number of aromatic nitrogens is 1. The van der Waals surface area contributed by atoms with Gasteiger partial charge < -0.3 is 0 Å². The first kappa shape index (κ1) is 8.97. The molecule has 0 bridgehead atoms. The van der Waals surface area contributed by atoms with Crippen molar-refractivity contribution >= 4 is 25.4 Å². The van der Waals surface area contributed by atoms with Crippen LogP contribution in [0.5, 0.6) is 0 Å². The summed E-state index contributed by atoms with van der Waals surface area (Å²) in [6.45, 7) is 6.59. The average Bonchev–Trinajstić information content (AvgIpc) is 2.03. The average molecular weight is 203 g/mol. The molecule has 0 unspecified atom stereocenters. The summed E-state index contributed by atoms with van der Waals surface area (Å²) in [5.41, 5.74) is 0.150. The minimum atomic E-state index is -3.77. The van der Waals surface area contributed by atoms with Gasteiger partial charge in [-0.15, -0.1) is 0 Å². The number of pyridine rings is 1. The van der Waals surface area contributed by atoms with Crippen molar-refractivity contribution in [1.82, 2.24) is 4.98 Å². The fourth-order valence-electron chi connectivity index (χ4n) is 0.602. The Labute approximate surface area is 74.1 Å². The van der Waals surface area contributed by atoms with E-state index in [1.165, 1.54) is 12.3 Å². The third-order valence-electron chi connectivity index (χ3n) is 1.11. The van der Waals surface area contributed by atoms with Crippen LogP contribution in [0.25, 0.3) is 4.85 Å². The molecule has 1 aromatic rings. The van der Waals surface area contributed by atoms with E-state index in [0.29, 0.717) is 0 Å². The fourth-order valence-corrected chi connectivity index (χ4v) is 1.30. The normalized spacial score (nSPS) is 10.7. The highest BCUT2D eigenvalue weighted by atomic mass is 35.7. The van der Waals surface area contributed by atoms with E-state index < -0.39 is 9.05 Å². The van der Waals surface area contributed by atoms with E-state index in [4.69, 9.17) is 17.3 Å². The summed E-state index contributed by atoms with van der Waals surface area (Å²) in [5, 5.41) is 0. The van der Waals surface area contributed by atoms with E-state index in [2.05, 4.69) is 9.83 Å². The molecule has 0 atom stereocenters. The zero-order chi connectivity index (χ0) is 9.19. The first-order valence-corrected chi connectivity index (χ1v) is 5.12. The Bertz CT molecular complexity index is 435. The third-order valence-corrected chi connectivity index (χ3v) is 2.43. The van der Waals surface area contributed by atoms with Gasteiger partial charge in [0.15, 0.2) is 0 Å². The van der Waals surface area contributed by atoms with Gasteiger partial charge in [0.2, 0.25) is 5.69 Å². The molecular formula is C6H3ClN2O2S. The Morgan fingerprint density at radius 3 is 2.67 bits per heavy atom. The molecular weight excluding hydrogens is 200 g/mol. The summed E-state index contributed by atoms with van der Waals surface area (Å²) >= 11 is 0. The first-order valence-electron chi connectivity index (χ1n) is 2.81. The zero-order valence-corrected chi connectivity index (χ0v) is 7.30. The predicted molar refractivity (Wildman–Crippen MR) is 43.5 cm³/mol. The van der Waals surface area contributed by atoms with Gasteiger partial charge >= 0.3 is 0 Å². The molecule has 0 aliphatic heterocycles. The van der Waals surface area contributed by atoms with Crippen LogP contribution in [0.1, 0.15) is 0 Å². The number of hydrogen-bond donors (Lipinski definition) is 0. The Morgan fingerprint density at radius 1 is 1.50 bits per heavy atom. The van der Waals surface area contributed by atoms with E-state index in [9.17, 15) is 8.42 Å². The van der Waals surface area contributed by atoms with Gasteiger partial charge in [-0.2, -0.15) is 0 Å². The maximum absolute atomic E-state index is 10.7. The molecule has 6 heteroatoms. The zero-order valence-electron chi connectivity index (χ0n) is 5.73. The van der Waals surface area contributed by atoms with Crippen LogP contribution in [0.4, 0.5) is 5.69 Å². The lowest BCUT2D eigenvalue weighted by atomic mass is 10.4. The van der Waals surface area contributed by atoms with Crippen LogP contribution in [0, 0.1) is 6.57 Å². The van der Waals surface area contributed by atoms with Crippen molar-refractivity contribution in [1.29, 1.82) is 0 Å². The molecule has 1 rings (SSSR count). The summed E-state index contributed by atoms with van der Waals surface area (Å²) in [6, 6.07) is 1.17. The Kier molecular flexibility index (Phi) is 2.31. The molecule has 0 fully saturated rings. The van der Waals surface area contributed by atoms with Crippen LogP contribution < -0.4 is 0 Å². The quantitative estimate of drug-likeness (QED) is 0.513. The Hall–Kier alpha value is -1.12. The molecule has 0 aliphatic carbocycles. The summed E-state index contributed by atoms with van der Waals surface area (Å²) in [6.07, 6.45) is 2.36. The standard InChI is InChI=1S/C6H3ClN2O2S/c1-8-5-2-6(4-9-3-5)12(7,10)11/h2-4H. The summed E-state index contributed by atoms with van der Waals surface area (Å²) in [7, 11) is 1.25. The van der Waals surface area contributed by atoms with Gasteiger partial charge in [-0.3, -0.25) is 4.98 Å². The summed E-state index contributed by atoms with van der Waals surface area (Å²) < 4.78 is 21.4. The molecule has 0 amide bonds. The molecule has 0 aromatic carbocycles. The van der Waals surface area contributed by atoms with Gasteiger partial charge in [-0.25, -0.2) is 13.3 Å². The van der Waals surface area contributed by atoms with Crippen LogP contribution >= 0.6 is 10.7 Å². The van der Waals surface area contributed by atoms with E-state index in [-0.39, 0.29) is 10.6 Å². The van der Waals surface area contributed by atoms with Gasteiger partial charge in [0.05, 0.1) is 11.5 Å². The van der Waals surface area contributed by atoms with Crippen molar-refractivity contribution in [3.63, 3.8) is 0 Å². The van der Waals surface area contributed by atoms with E-state index >= 15 is 0 Å². The highest BCUT2D eigenvalue weighted by Gasteiger charge is 2.09. The lowest BCUT2D eigenvalue weighted by Crippen LogP contribution is -1.90. The van der Waals surface area contributed by atoms with E-state index in [1.54, 1.807) is 0 Å². The summed E-state index contributed by atoms with van der Waals surface area (Å²) in [5.74, 6) is 0. The molecule has 12 heavy (non-hydrogen) atoms. The van der Waals surface area contributed by atoms with Gasteiger partial charge in [0, 0.05) is 23.1 Å². The molecule has 0 N–H and O–H groups in total. The lowest BCUT2D eigenvalue weighted by Gasteiger charge is -1.93. The largest absolute Gasteiger partial charge is 0.275 e. The minimum Gasteiger partial charge on any atom is -0.275 e. The predicted octanol–water partition coefficient (Wildman–Crippen LogP) is 1.56. The highest BCUT2D eigenvalue weighted by Crippen LogP contribution is 2.18. The molecule has 0 spiro atoms. The Balaban J connectivity index is 3.32. The number of halogens is 1.